The van der Waals surface area contributed by atoms with E-state index in [2.05, 4.69) is 0 Å². The van der Waals surface area contributed by atoms with Gasteiger partial charge in [0, 0.05) is 20.3 Å². The van der Waals surface area contributed by atoms with Crippen molar-refractivity contribution in [1.29, 1.82) is 0 Å². The highest BCUT2D eigenvalue weighted by Crippen LogP contribution is 1.92. The van der Waals surface area contributed by atoms with Crippen molar-refractivity contribution in [3.8, 4) is 0 Å². The summed E-state index contributed by atoms with van der Waals surface area (Å²) in [5, 5.41) is 2.04. The minimum Gasteiger partial charge on any atom is -0.383 e. The molecule has 0 bridgehead atoms. The Morgan fingerprint density at radius 3 is 2.14 bits per heavy atom. The second-order valence-corrected chi connectivity index (χ2v) is 2.23. The molecular formula is C5H11NS. The number of nitrogens with zero attached hydrogens (tertiary/aromatic N) is 1. The van der Waals surface area contributed by atoms with E-state index in [4.69, 9.17) is 0 Å². The Labute approximate surface area is 49.4 Å². The second-order valence-electron chi connectivity index (χ2n) is 1.48. The lowest BCUT2D eigenvalue weighted by atomic mass is 10.9. The number of hydrogen-bond donors (Lipinski definition) is 0. The quantitative estimate of drug-likeness (QED) is 0.537. The maximum atomic E-state index is 2.04. The Morgan fingerprint density at radius 1 is 1.43 bits per heavy atom. The largest absolute Gasteiger partial charge is 0.383 e. The van der Waals surface area contributed by atoms with Gasteiger partial charge in [-0.3, -0.25) is 0 Å². The van der Waals surface area contributed by atoms with Crippen LogP contribution in [-0.4, -0.2) is 25.3 Å². The molecule has 0 aromatic carbocycles. The highest BCUT2D eigenvalue weighted by Gasteiger charge is 1.69. The third kappa shape index (κ3) is 5.89. The first-order valence-electron chi connectivity index (χ1n) is 2.13. The van der Waals surface area contributed by atoms with Crippen LogP contribution in [0.4, 0.5) is 0 Å². The van der Waals surface area contributed by atoms with Gasteiger partial charge in [-0.2, -0.15) is 0 Å². The fourth-order valence-electron chi connectivity index (χ4n) is 0.183. The monoisotopic (exact) mass is 117 g/mol. The molecule has 0 heterocycles. The maximum absolute atomic E-state index is 2.04. The van der Waals surface area contributed by atoms with Crippen molar-refractivity contribution in [3.63, 3.8) is 0 Å². The van der Waals surface area contributed by atoms with Gasteiger partial charge in [-0.1, -0.05) is 0 Å². The van der Waals surface area contributed by atoms with Crippen LogP contribution in [0, 0.1) is 0 Å². The predicted molar refractivity (Wildman–Crippen MR) is 36.3 cm³/mol. The summed E-state index contributed by atoms with van der Waals surface area (Å²) >= 11 is 1.71. The summed E-state index contributed by atoms with van der Waals surface area (Å²) < 4.78 is 0. The molecule has 1 nitrogen and oxygen atoms in total. The van der Waals surface area contributed by atoms with Crippen LogP contribution in [0.5, 0.6) is 0 Å². The first-order chi connectivity index (χ1) is 3.27. The third-order valence-electron chi connectivity index (χ3n) is 0.495. The summed E-state index contributed by atoms with van der Waals surface area (Å²) in [5.74, 6) is 0. The molecule has 0 fully saturated rings. The zero-order valence-electron chi connectivity index (χ0n) is 5.01. The molecule has 42 valence electrons. The molecule has 0 aromatic rings. The minimum atomic E-state index is 1.71. The van der Waals surface area contributed by atoms with Gasteiger partial charge in [0.15, 0.2) is 0 Å². The topological polar surface area (TPSA) is 3.24 Å². The summed E-state index contributed by atoms with van der Waals surface area (Å²) in [6, 6.07) is 0. The molecule has 0 aromatic heterocycles. The fourth-order valence-corrected chi connectivity index (χ4v) is 0.548. The molecule has 0 spiro atoms. The molecule has 0 N–H and O–H groups in total. The molecule has 0 atom stereocenters. The van der Waals surface area contributed by atoms with Crippen LogP contribution >= 0.6 is 11.8 Å². The highest BCUT2D eigenvalue weighted by molar-refractivity contribution is 8.01. The van der Waals surface area contributed by atoms with E-state index in [1.165, 1.54) is 0 Å². The summed E-state index contributed by atoms with van der Waals surface area (Å²) in [4.78, 5) is 2.01. The summed E-state index contributed by atoms with van der Waals surface area (Å²) in [6.07, 6.45) is 4.06. The van der Waals surface area contributed by atoms with Crippen molar-refractivity contribution in [3.05, 3.63) is 11.6 Å². The Balaban J connectivity index is 3.08. The summed E-state index contributed by atoms with van der Waals surface area (Å²) in [6.45, 7) is 0. The molecule has 0 saturated heterocycles. The van der Waals surface area contributed by atoms with E-state index in [1.54, 1.807) is 11.8 Å². The van der Waals surface area contributed by atoms with Crippen LogP contribution in [0.2, 0.25) is 0 Å². The zero-order valence-corrected chi connectivity index (χ0v) is 5.83. The predicted octanol–water partition coefficient (Wildman–Crippen LogP) is 1.38. The average Bonchev–Trinajstić information content (AvgIpc) is 1.61. The third-order valence-corrected chi connectivity index (χ3v) is 0.889. The van der Waals surface area contributed by atoms with E-state index in [1.807, 2.05) is 36.9 Å². The Kier molecular flexibility index (Phi) is 4.00. The molecule has 0 aliphatic heterocycles. The molecule has 0 radical (unpaired) electrons. The van der Waals surface area contributed by atoms with Crippen LogP contribution < -0.4 is 0 Å². The molecule has 0 aliphatic rings. The standard InChI is InChI=1S/C5H11NS/c1-6(2)4-5-7-3/h4-5H,1-3H3/b5-4-. The van der Waals surface area contributed by atoms with Crippen molar-refractivity contribution in [2.75, 3.05) is 20.4 Å². The molecular weight excluding hydrogens is 106 g/mol. The van der Waals surface area contributed by atoms with E-state index in [9.17, 15) is 0 Å². The van der Waals surface area contributed by atoms with Gasteiger partial charge in [-0.05, 0) is 11.7 Å². The van der Waals surface area contributed by atoms with Gasteiger partial charge in [-0.15, -0.1) is 11.8 Å². The maximum Gasteiger partial charge on any atom is 0.00558 e. The Hall–Kier alpha value is -0.110. The van der Waals surface area contributed by atoms with E-state index in [0.717, 1.165) is 0 Å². The van der Waals surface area contributed by atoms with E-state index >= 15 is 0 Å². The zero-order chi connectivity index (χ0) is 5.70. The first kappa shape index (κ1) is 6.89. The molecule has 2 heteroatoms. The van der Waals surface area contributed by atoms with Crippen molar-refractivity contribution < 1.29 is 0 Å². The Morgan fingerprint density at radius 2 is 2.00 bits per heavy atom. The molecule has 7 heavy (non-hydrogen) atoms. The number of thioether (sulfide) groups is 1. The van der Waals surface area contributed by atoms with Crippen molar-refractivity contribution in [2.45, 2.75) is 0 Å². The second kappa shape index (κ2) is 4.06. The normalized spacial score (nSPS) is 10.1. The average molecular weight is 117 g/mol. The van der Waals surface area contributed by atoms with Crippen LogP contribution in [0.15, 0.2) is 11.6 Å². The molecule has 0 saturated carbocycles. The summed E-state index contributed by atoms with van der Waals surface area (Å²) in [7, 11) is 4.01. The van der Waals surface area contributed by atoms with E-state index < -0.39 is 0 Å². The molecule has 0 aliphatic carbocycles. The smallest absolute Gasteiger partial charge is 0.00558 e. The fraction of sp³-hybridized carbons (Fsp3) is 0.600. The van der Waals surface area contributed by atoms with Crippen molar-refractivity contribution in [1.82, 2.24) is 4.90 Å². The lowest BCUT2D eigenvalue weighted by molar-refractivity contribution is 0.565. The minimum absolute atomic E-state index is 1.71. The lowest BCUT2D eigenvalue weighted by Gasteiger charge is -2.00. The first-order valence-corrected chi connectivity index (χ1v) is 3.42. The van der Waals surface area contributed by atoms with E-state index in [0.29, 0.717) is 0 Å². The number of hydrogen-bond acceptors (Lipinski definition) is 2. The van der Waals surface area contributed by atoms with Crippen LogP contribution in [0.1, 0.15) is 0 Å². The highest BCUT2D eigenvalue weighted by atomic mass is 32.2. The van der Waals surface area contributed by atoms with Crippen LogP contribution in [0.25, 0.3) is 0 Å². The van der Waals surface area contributed by atoms with Gasteiger partial charge >= 0.3 is 0 Å². The SMILES string of the molecule is CS/C=C\N(C)C. The van der Waals surface area contributed by atoms with Gasteiger partial charge in [-0.25, -0.2) is 0 Å². The van der Waals surface area contributed by atoms with Crippen LogP contribution in [-0.2, 0) is 0 Å². The summed E-state index contributed by atoms with van der Waals surface area (Å²) in [5.41, 5.74) is 0. The van der Waals surface area contributed by atoms with Gasteiger partial charge < -0.3 is 4.90 Å². The Bertz CT molecular complexity index is 59.1. The lowest BCUT2D eigenvalue weighted by Crippen LogP contribution is -1.98. The van der Waals surface area contributed by atoms with Gasteiger partial charge in [0.2, 0.25) is 0 Å². The van der Waals surface area contributed by atoms with Crippen molar-refractivity contribution in [2.24, 2.45) is 0 Å². The molecule has 0 unspecified atom stereocenters. The van der Waals surface area contributed by atoms with E-state index in [-0.39, 0.29) is 0 Å². The number of rotatable bonds is 2. The van der Waals surface area contributed by atoms with Crippen LogP contribution in [0.3, 0.4) is 0 Å². The molecule has 0 rings (SSSR count). The van der Waals surface area contributed by atoms with Gasteiger partial charge in [0.05, 0.1) is 0 Å². The van der Waals surface area contributed by atoms with Gasteiger partial charge in [0.1, 0.15) is 0 Å². The van der Waals surface area contributed by atoms with Gasteiger partial charge in [0.25, 0.3) is 0 Å². The molecule has 0 amide bonds. The van der Waals surface area contributed by atoms with Crippen molar-refractivity contribution >= 4 is 11.8 Å².